The van der Waals surface area contributed by atoms with Gasteiger partial charge in [0.2, 0.25) is 0 Å². The molecule has 114 valence electrons. The van der Waals surface area contributed by atoms with Crippen LogP contribution in [0.25, 0.3) is 0 Å². The van der Waals surface area contributed by atoms with Gasteiger partial charge in [-0.3, -0.25) is 0 Å². The highest BCUT2D eigenvalue weighted by atomic mass is 28.3. The van der Waals surface area contributed by atoms with Crippen LogP contribution in [0.1, 0.15) is 6.42 Å². The molecule has 0 heterocycles. The van der Waals surface area contributed by atoms with Crippen LogP contribution in [-0.2, 0) is 0 Å². The van der Waals surface area contributed by atoms with E-state index in [4.69, 9.17) is 5.11 Å². The molecule has 0 aromatic carbocycles. The number of hydrogen-bond donors (Lipinski definition) is 1. The lowest BCUT2D eigenvalue weighted by Crippen LogP contribution is -2.34. The summed E-state index contributed by atoms with van der Waals surface area (Å²) in [6.07, 6.45) is 1.01. The van der Waals surface area contributed by atoms with Crippen molar-refractivity contribution in [1.82, 2.24) is 0 Å². The lowest BCUT2D eigenvalue weighted by atomic mass is 10.5. The highest BCUT2D eigenvalue weighted by Gasteiger charge is 2.28. The van der Waals surface area contributed by atoms with E-state index in [1.165, 1.54) is 30.2 Å². The van der Waals surface area contributed by atoms with Gasteiger partial charge in [0.25, 0.3) is 0 Å². The van der Waals surface area contributed by atoms with Crippen molar-refractivity contribution in [3.05, 3.63) is 12.3 Å². The molecule has 1 nitrogen and oxygen atoms in total. The van der Waals surface area contributed by atoms with Crippen molar-refractivity contribution in [3.8, 4) is 0 Å². The smallest absolute Gasteiger partial charge is 0.0706 e. The lowest BCUT2D eigenvalue weighted by molar-refractivity contribution is 0.294. The van der Waals surface area contributed by atoms with Crippen LogP contribution in [0.2, 0.25) is 69.5 Å². The molecule has 0 unspecified atom stereocenters. The van der Waals surface area contributed by atoms with Crippen molar-refractivity contribution in [1.29, 1.82) is 0 Å². The van der Waals surface area contributed by atoms with Crippen molar-refractivity contribution in [3.63, 3.8) is 0 Å². The zero-order chi connectivity index (χ0) is 15.2. The van der Waals surface area contributed by atoms with Gasteiger partial charge in [0.1, 0.15) is 0 Å². The number of rotatable bonds is 10. The minimum Gasteiger partial charge on any atom is -0.396 e. The predicted octanol–water partition coefficient (Wildman–Crippen LogP) is 5.22. The molecule has 0 atom stereocenters. The molecule has 0 aliphatic rings. The van der Waals surface area contributed by atoms with Crippen LogP contribution < -0.4 is 0 Å². The van der Waals surface area contributed by atoms with Gasteiger partial charge in [-0.05, 0) is 6.42 Å². The van der Waals surface area contributed by atoms with Crippen LogP contribution in [0.15, 0.2) is 12.3 Å². The lowest BCUT2D eigenvalue weighted by Gasteiger charge is -2.30. The molecule has 4 heteroatoms. The van der Waals surface area contributed by atoms with E-state index in [9.17, 15) is 0 Å². The Morgan fingerprint density at radius 1 is 0.789 bits per heavy atom. The van der Waals surface area contributed by atoms with Crippen LogP contribution in [0.3, 0.4) is 0 Å². The van der Waals surface area contributed by atoms with Crippen LogP contribution in [-0.4, -0.2) is 35.9 Å². The molecule has 0 rings (SSSR count). The van der Waals surface area contributed by atoms with E-state index < -0.39 is 24.2 Å². The largest absolute Gasteiger partial charge is 0.396 e. The van der Waals surface area contributed by atoms with Crippen molar-refractivity contribution in [2.75, 3.05) is 6.61 Å². The Labute approximate surface area is 124 Å². The highest BCUT2D eigenvalue weighted by molar-refractivity contribution is 6.86. The minimum atomic E-state index is -1.11. The summed E-state index contributed by atoms with van der Waals surface area (Å²) < 4.78 is 0. The maximum atomic E-state index is 8.98. The summed E-state index contributed by atoms with van der Waals surface area (Å²) in [6.45, 7) is 19.4. The summed E-state index contributed by atoms with van der Waals surface area (Å²) in [5.41, 5.74) is 2.25. The maximum Gasteiger partial charge on any atom is 0.0706 e. The number of aliphatic hydroxyl groups excluding tert-OH is 1. The van der Waals surface area contributed by atoms with Crippen molar-refractivity contribution < 1.29 is 5.11 Å². The van der Waals surface area contributed by atoms with E-state index in [0.29, 0.717) is 6.61 Å². The topological polar surface area (TPSA) is 20.2 Å². The van der Waals surface area contributed by atoms with E-state index in [1.807, 2.05) is 0 Å². The fourth-order valence-electron chi connectivity index (χ4n) is 2.25. The van der Waals surface area contributed by atoms with Gasteiger partial charge in [0, 0.05) is 22.8 Å². The molecule has 0 amide bonds. The average molecular weight is 317 g/mol. The van der Waals surface area contributed by atoms with Gasteiger partial charge in [-0.25, -0.2) is 0 Å². The first-order valence-corrected chi connectivity index (χ1v) is 17.9. The first kappa shape index (κ1) is 19.4. The first-order chi connectivity index (χ1) is 8.54. The maximum absolute atomic E-state index is 8.98. The molecule has 0 bridgehead atoms. The van der Waals surface area contributed by atoms with Gasteiger partial charge in [-0.1, -0.05) is 69.5 Å². The molecular formula is C15H36OSi3. The van der Waals surface area contributed by atoms with E-state index in [2.05, 4.69) is 51.6 Å². The summed E-state index contributed by atoms with van der Waals surface area (Å²) >= 11 is 0. The van der Waals surface area contributed by atoms with Gasteiger partial charge in [-0.2, -0.15) is 0 Å². The molecule has 0 saturated heterocycles. The van der Waals surface area contributed by atoms with E-state index in [0.717, 1.165) is 6.42 Å². The Hall–Kier alpha value is 0.351. The molecule has 0 spiro atoms. The van der Waals surface area contributed by atoms with Crippen LogP contribution in [0.5, 0.6) is 0 Å². The zero-order valence-corrected chi connectivity index (χ0v) is 17.2. The quantitative estimate of drug-likeness (QED) is 0.548. The molecule has 1 N–H and O–H groups in total. The third kappa shape index (κ3) is 9.82. The number of aliphatic hydroxyl groups is 1. The van der Waals surface area contributed by atoms with E-state index in [1.54, 1.807) is 0 Å². The summed E-state index contributed by atoms with van der Waals surface area (Å²) in [5, 5.41) is 8.98. The average Bonchev–Trinajstić information content (AvgIpc) is 2.33. The van der Waals surface area contributed by atoms with Crippen LogP contribution in [0, 0.1) is 0 Å². The first-order valence-electron chi connectivity index (χ1n) is 7.78. The van der Waals surface area contributed by atoms with Crippen molar-refractivity contribution >= 4 is 24.2 Å². The second-order valence-electron chi connectivity index (χ2n) is 8.35. The standard InChI is InChI=1S/C15H36OSi3/c1-8-17(2,3)12-13-19(6,7)15-14-18(4,5)11-9-10-16/h8,16H,1,9-15H2,2-7H3. The van der Waals surface area contributed by atoms with Crippen LogP contribution >= 0.6 is 0 Å². The van der Waals surface area contributed by atoms with E-state index in [-0.39, 0.29) is 0 Å². The third-order valence-corrected chi connectivity index (χ3v) is 14.7. The Morgan fingerprint density at radius 3 is 1.63 bits per heavy atom. The fourth-order valence-corrected chi connectivity index (χ4v) is 14.8. The number of hydrogen-bond acceptors (Lipinski definition) is 1. The SMILES string of the molecule is C=C[Si](C)(C)CC[Si](C)(C)CC[Si](C)(C)CCCO. The Kier molecular flexibility index (Phi) is 8.10. The summed E-state index contributed by atoms with van der Waals surface area (Å²) in [5.74, 6) is 0. The van der Waals surface area contributed by atoms with Crippen molar-refractivity contribution in [2.45, 2.75) is 75.9 Å². The van der Waals surface area contributed by atoms with Crippen molar-refractivity contribution in [2.24, 2.45) is 0 Å². The molecule has 0 saturated carbocycles. The third-order valence-electron chi connectivity index (χ3n) is 4.49. The second-order valence-corrected chi connectivity index (χ2v) is 23.9. The Balaban J connectivity index is 4.19. The molecule has 19 heavy (non-hydrogen) atoms. The highest BCUT2D eigenvalue weighted by Crippen LogP contribution is 2.29. The molecule has 0 aliphatic carbocycles. The van der Waals surface area contributed by atoms with Gasteiger partial charge in [-0.15, -0.1) is 12.3 Å². The van der Waals surface area contributed by atoms with Gasteiger partial charge < -0.3 is 5.11 Å². The molecule has 0 aromatic heterocycles. The zero-order valence-electron chi connectivity index (χ0n) is 14.2. The van der Waals surface area contributed by atoms with Gasteiger partial charge in [0.15, 0.2) is 0 Å². The summed E-state index contributed by atoms with van der Waals surface area (Å²) in [7, 11) is -3.18. The molecule has 0 fully saturated rings. The monoisotopic (exact) mass is 316 g/mol. The molecular weight excluding hydrogens is 280 g/mol. The molecule has 0 aliphatic heterocycles. The molecule has 0 aromatic rings. The minimum absolute atomic E-state index is 0.371. The fraction of sp³-hybridized carbons (Fsp3) is 0.867. The van der Waals surface area contributed by atoms with E-state index >= 15 is 0 Å². The van der Waals surface area contributed by atoms with Crippen LogP contribution in [0.4, 0.5) is 0 Å². The summed E-state index contributed by atoms with van der Waals surface area (Å²) in [6, 6.07) is 7.14. The van der Waals surface area contributed by atoms with Gasteiger partial charge >= 0.3 is 0 Å². The Morgan fingerprint density at radius 2 is 1.21 bits per heavy atom. The Bertz CT molecular complexity index is 273. The second kappa shape index (κ2) is 7.96. The normalized spacial score (nSPS) is 13.6. The summed E-state index contributed by atoms with van der Waals surface area (Å²) in [4.78, 5) is 0. The van der Waals surface area contributed by atoms with Gasteiger partial charge in [0.05, 0.1) is 8.07 Å². The molecule has 0 radical (unpaired) electrons. The predicted molar refractivity (Wildman–Crippen MR) is 98.4 cm³/mol.